The minimum Gasteiger partial charge on any atom is -0.492 e. The van der Waals surface area contributed by atoms with Crippen molar-refractivity contribution in [3.63, 3.8) is 0 Å². The number of H-pyrrole nitrogens is 1. The molecule has 1 aliphatic rings. The third-order valence-corrected chi connectivity index (χ3v) is 3.06. The van der Waals surface area contributed by atoms with Gasteiger partial charge in [0.1, 0.15) is 10.4 Å². The van der Waals surface area contributed by atoms with Gasteiger partial charge in [-0.1, -0.05) is 30.4 Å². The van der Waals surface area contributed by atoms with Crippen molar-refractivity contribution in [3.8, 4) is 16.9 Å². The first-order valence-electron chi connectivity index (χ1n) is 5.14. The summed E-state index contributed by atoms with van der Waals surface area (Å²) in [5, 5.41) is 0. The van der Waals surface area contributed by atoms with Crippen molar-refractivity contribution in [3.05, 3.63) is 40.9 Å². The van der Waals surface area contributed by atoms with Crippen molar-refractivity contribution >= 4 is 12.2 Å². The molecule has 0 fully saturated rings. The molecule has 0 bridgehead atoms. The first kappa shape index (κ1) is 9.54. The van der Waals surface area contributed by atoms with Gasteiger partial charge < -0.3 is 9.72 Å². The van der Waals surface area contributed by atoms with Crippen LogP contribution in [0.4, 0.5) is 0 Å². The van der Waals surface area contributed by atoms with Crippen LogP contribution in [-0.2, 0) is 6.42 Å². The Labute approximate surface area is 98.1 Å². The van der Waals surface area contributed by atoms with Crippen molar-refractivity contribution in [2.24, 2.45) is 0 Å². The number of hydrogen-bond donors (Lipinski definition) is 1. The standard InChI is InChI=1S/C12H10N2OS/c16-12-10(6-13-7-14-12)9-3-1-2-8-4-5-15-11(8)9/h1-3,6-7H,4-5H2,(H,13,14,16). The molecule has 1 aliphatic heterocycles. The Morgan fingerprint density at radius 1 is 1.31 bits per heavy atom. The number of aromatic amines is 1. The fourth-order valence-corrected chi connectivity index (χ4v) is 2.18. The third kappa shape index (κ3) is 1.42. The van der Waals surface area contributed by atoms with Crippen LogP contribution in [0, 0.1) is 4.64 Å². The topological polar surface area (TPSA) is 37.9 Å². The third-order valence-electron chi connectivity index (χ3n) is 2.72. The van der Waals surface area contributed by atoms with Gasteiger partial charge in [-0.15, -0.1) is 0 Å². The Morgan fingerprint density at radius 3 is 3.12 bits per heavy atom. The monoisotopic (exact) mass is 230 g/mol. The van der Waals surface area contributed by atoms with Gasteiger partial charge in [0.2, 0.25) is 0 Å². The van der Waals surface area contributed by atoms with Crippen LogP contribution >= 0.6 is 12.2 Å². The normalized spacial score (nSPS) is 13.2. The van der Waals surface area contributed by atoms with Crippen LogP contribution in [0.3, 0.4) is 0 Å². The molecule has 1 aromatic heterocycles. The van der Waals surface area contributed by atoms with Crippen molar-refractivity contribution in [1.82, 2.24) is 9.97 Å². The van der Waals surface area contributed by atoms with E-state index >= 15 is 0 Å². The van der Waals surface area contributed by atoms with Crippen molar-refractivity contribution in [1.29, 1.82) is 0 Å². The van der Waals surface area contributed by atoms with E-state index in [2.05, 4.69) is 16.0 Å². The number of nitrogens with zero attached hydrogens (tertiary/aromatic N) is 1. The molecule has 3 rings (SSSR count). The summed E-state index contributed by atoms with van der Waals surface area (Å²) in [7, 11) is 0. The predicted molar refractivity (Wildman–Crippen MR) is 64.1 cm³/mol. The molecule has 0 aliphatic carbocycles. The molecule has 16 heavy (non-hydrogen) atoms. The van der Waals surface area contributed by atoms with Gasteiger partial charge in [0, 0.05) is 23.7 Å². The summed E-state index contributed by atoms with van der Waals surface area (Å²) in [6.45, 7) is 0.753. The maximum atomic E-state index is 5.65. The number of fused-ring (bicyclic) bond motifs is 1. The van der Waals surface area contributed by atoms with Crippen LogP contribution in [0.5, 0.6) is 5.75 Å². The summed E-state index contributed by atoms with van der Waals surface area (Å²) in [6, 6.07) is 6.14. The molecule has 4 heteroatoms. The Bertz CT molecular complexity index is 592. The van der Waals surface area contributed by atoms with Gasteiger partial charge in [0.25, 0.3) is 0 Å². The summed E-state index contributed by atoms with van der Waals surface area (Å²) in [5.41, 5.74) is 3.20. The lowest BCUT2D eigenvalue weighted by Crippen LogP contribution is -1.90. The first-order chi connectivity index (χ1) is 7.86. The molecule has 3 nitrogen and oxygen atoms in total. The number of rotatable bonds is 1. The zero-order valence-corrected chi connectivity index (χ0v) is 9.38. The number of hydrogen-bond acceptors (Lipinski definition) is 3. The summed E-state index contributed by atoms with van der Waals surface area (Å²) in [5.74, 6) is 0.954. The van der Waals surface area contributed by atoms with Crippen LogP contribution in [0.1, 0.15) is 5.56 Å². The van der Waals surface area contributed by atoms with E-state index in [0.717, 1.165) is 29.9 Å². The highest BCUT2D eigenvalue weighted by Gasteiger charge is 2.17. The summed E-state index contributed by atoms with van der Waals surface area (Å²) < 4.78 is 6.34. The smallest absolute Gasteiger partial charge is 0.130 e. The lowest BCUT2D eigenvalue weighted by atomic mass is 10.0. The van der Waals surface area contributed by atoms with Gasteiger partial charge in [-0.25, -0.2) is 4.98 Å². The van der Waals surface area contributed by atoms with Gasteiger partial charge in [-0.2, -0.15) is 0 Å². The second kappa shape index (κ2) is 3.72. The second-order valence-corrected chi connectivity index (χ2v) is 4.09. The molecule has 2 aromatic rings. The Kier molecular flexibility index (Phi) is 2.22. The minimum absolute atomic E-state index is 0.693. The highest BCUT2D eigenvalue weighted by Crippen LogP contribution is 2.36. The summed E-state index contributed by atoms with van der Waals surface area (Å²) in [6.07, 6.45) is 4.34. The molecule has 0 atom stereocenters. The Morgan fingerprint density at radius 2 is 2.25 bits per heavy atom. The van der Waals surface area contributed by atoms with Crippen molar-refractivity contribution in [2.45, 2.75) is 6.42 Å². The summed E-state index contributed by atoms with van der Waals surface area (Å²) >= 11 is 5.25. The van der Waals surface area contributed by atoms with Crippen molar-refractivity contribution < 1.29 is 4.74 Å². The van der Waals surface area contributed by atoms with Crippen LogP contribution in [-0.4, -0.2) is 16.6 Å². The molecule has 0 saturated carbocycles. The van der Waals surface area contributed by atoms with Crippen LogP contribution in [0.25, 0.3) is 11.1 Å². The molecule has 80 valence electrons. The zero-order valence-electron chi connectivity index (χ0n) is 8.56. The van der Waals surface area contributed by atoms with E-state index in [1.165, 1.54) is 5.56 Å². The fourth-order valence-electron chi connectivity index (χ4n) is 1.96. The number of benzene rings is 1. The van der Waals surface area contributed by atoms with Crippen LogP contribution in [0.15, 0.2) is 30.7 Å². The largest absolute Gasteiger partial charge is 0.492 e. The SMILES string of the molecule is S=c1[nH]cncc1-c1cccc2c1OCC2. The van der Waals surface area contributed by atoms with E-state index in [4.69, 9.17) is 17.0 Å². The van der Waals surface area contributed by atoms with E-state index < -0.39 is 0 Å². The van der Waals surface area contributed by atoms with E-state index in [0.29, 0.717) is 4.64 Å². The summed E-state index contributed by atoms with van der Waals surface area (Å²) in [4.78, 5) is 7.01. The molecular weight excluding hydrogens is 220 g/mol. The lowest BCUT2D eigenvalue weighted by Gasteiger charge is -2.07. The molecule has 0 unspecified atom stereocenters. The van der Waals surface area contributed by atoms with Gasteiger partial charge in [0.05, 0.1) is 12.9 Å². The maximum absolute atomic E-state index is 5.65. The van der Waals surface area contributed by atoms with Crippen LogP contribution < -0.4 is 4.74 Å². The average Bonchev–Trinajstić information content (AvgIpc) is 2.77. The number of nitrogens with one attached hydrogen (secondary N) is 1. The van der Waals surface area contributed by atoms with Gasteiger partial charge in [0.15, 0.2) is 0 Å². The number of ether oxygens (including phenoxy) is 1. The highest BCUT2D eigenvalue weighted by molar-refractivity contribution is 7.71. The molecule has 0 saturated heterocycles. The Hall–Kier alpha value is -1.68. The van der Waals surface area contributed by atoms with Crippen molar-refractivity contribution in [2.75, 3.05) is 6.61 Å². The maximum Gasteiger partial charge on any atom is 0.130 e. The molecule has 1 aromatic carbocycles. The molecular formula is C12H10N2OS. The highest BCUT2D eigenvalue weighted by atomic mass is 32.1. The zero-order chi connectivity index (χ0) is 11.0. The lowest BCUT2D eigenvalue weighted by molar-refractivity contribution is 0.358. The van der Waals surface area contributed by atoms with Gasteiger partial charge >= 0.3 is 0 Å². The van der Waals surface area contributed by atoms with E-state index in [9.17, 15) is 0 Å². The first-order valence-corrected chi connectivity index (χ1v) is 5.55. The fraction of sp³-hybridized carbons (Fsp3) is 0.167. The average molecular weight is 230 g/mol. The van der Waals surface area contributed by atoms with Gasteiger partial charge in [-0.05, 0) is 5.56 Å². The molecule has 0 radical (unpaired) electrons. The predicted octanol–water partition coefficient (Wildman–Crippen LogP) is 2.74. The number of para-hydroxylation sites is 1. The molecule has 0 amide bonds. The quantitative estimate of drug-likeness (QED) is 0.765. The molecule has 2 heterocycles. The molecule has 1 N–H and O–H groups in total. The molecule has 0 spiro atoms. The van der Waals surface area contributed by atoms with E-state index in [1.54, 1.807) is 12.5 Å². The van der Waals surface area contributed by atoms with E-state index in [1.807, 2.05) is 12.1 Å². The number of aromatic nitrogens is 2. The van der Waals surface area contributed by atoms with Gasteiger partial charge in [-0.3, -0.25) is 0 Å². The van der Waals surface area contributed by atoms with Crippen LogP contribution in [0.2, 0.25) is 0 Å². The Balaban J connectivity index is 2.25. The minimum atomic E-state index is 0.693. The second-order valence-electron chi connectivity index (χ2n) is 3.69. The van der Waals surface area contributed by atoms with E-state index in [-0.39, 0.29) is 0 Å².